The van der Waals surface area contributed by atoms with Gasteiger partial charge in [-0.05, 0) is 56.1 Å². The number of furan rings is 1. The van der Waals surface area contributed by atoms with E-state index in [2.05, 4.69) is 15.5 Å². The van der Waals surface area contributed by atoms with Gasteiger partial charge < -0.3 is 20.0 Å². The van der Waals surface area contributed by atoms with Gasteiger partial charge in [0.1, 0.15) is 0 Å². The summed E-state index contributed by atoms with van der Waals surface area (Å²) in [4.78, 5) is 26.5. The summed E-state index contributed by atoms with van der Waals surface area (Å²) < 4.78 is 5.06. The molecule has 0 bridgehead atoms. The van der Waals surface area contributed by atoms with E-state index in [4.69, 9.17) is 4.42 Å². The van der Waals surface area contributed by atoms with Crippen LogP contribution in [0.2, 0.25) is 0 Å². The topological polar surface area (TPSA) is 74.6 Å². The fourth-order valence-electron chi connectivity index (χ4n) is 2.87. The standard InChI is InChI=1S/C22H23N3O3/c1-25(2)19(16-7-4-3-5-8-16)15-23-21(26)17-10-12-18(13-11-17)24-22(27)20-9-6-14-28-20/h3-14,19H,15H2,1-2H3,(H,23,26)(H,24,27). The molecule has 0 aliphatic carbocycles. The van der Waals surface area contributed by atoms with Crippen LogP contribution in [-0.4, -0.2) is 37.4 Å². The number of anilines is 1. The molecule has 0 radical (unpaired) electrons. The zero-order valence-corrected chi connectivity index (χ0v) is 15.9. The maximum absolute atomic E-state index is 12.5. The van der Waals surface area contributed by atoms with Crippen LogP contribution >= 0.6 is 0 Å². The van der Waals surface area contributed by atoms with Gasteiger partial charge in [0.2, 0.25) is 0 Å². The second-order valence-corrected chi connectivity index (χ2v) is 6.61. The normalized spacial score (nSPS) is 11.8. The summed E-state index contributed by atoms with van der Waals surface area (Å²) in [7, 11) is 3.97. The van der Waals surface area contributed by atoms with E-state index >= 15 is 0 Å². The Hall–Kier alpha value is -3.38. The molecule has 6 heteroatoms. The third-order valence-electron chi connectivity index (χ3n) is 4.41. The second-order valence-electron chi connectivity index (χ2n) is 6.61. The van der Waals surface area contributed by atoms with Crippen molar-refractivity contribution in [2.75, 3.05) is 26.0 Å². The zero-order valence-electron chi connectivity index (χ0n) is 15.9. The van der Waals surface area contributed by atoms with E-state index in [-0.39, 0.29) is 23.6 Å². The lowest BCUT2D eigenvalue weighted by molar-refractivity contribution is 0.0941. The van der Waals surface area contributed by atoms with Crippen molar-refractivity contribution in [2.24, 2.45) is 0 Å². The van der Waals surface area contributed by atoms with Gasteiger partial charge in [0.05, 0.1) is 12.3 Å². The van der Waals surface area contributed by atoms with Gasteiger partial charge in [-0.1, -0.05) is 30.3 Å². The number of hydrogen-bond donors (Lipinski definition) is 2. The summed E-state index contributed by atoms with van der Waals surface area (Å²) in [6.07, 6.45) is 1.44. The molecule has 1 atom stereocenters. The third kappa shape index (κ3) is 4.86. The van der Waals surface area contributed by atoms with Crippen molar-refractivity contribution >= 4 is 17.5 Å². The van der Waals surface area contributed by atoms with Crippen LogP contribution in [0.15, 0.2) is 77.4 Å². The molecule has 0 fully saturated rings. The van der Waals surface area contributed by atoms with Crippen LogP contribution in [0.5, 0.6) is 0 Å². The largest absolute Gasteiger partial charge is 0.459 e. The van der Waals surface area contributed by atoms with E-state index in [1.807, 2.05) is 44.4 Å². The van der Waals surface area contributed by atoms with Crippen molar-refractivity contribution in [1.82, 2.24) is 10.2 Å². The van der Waals surface area contributed by atoms with Crippen LogP contribution in [0.3, 0.4) is 0 Å². The first kappa shape index (κ1) is 19.4. The van der Waals surface area contributed by atoms with Gasteiger partial charge in [-0.25, -0.2) is 0 Å². The van der Waals surface area contributed by atoms with Gasteiger partial charge in [0.15, 0.2) is 5.76 Å². The number of amides is 2. The lowest BCUT2D eigenvalue weighted by Gasteiger charge is -2.25. The van der Waals surface area contributed by atoms with E-state index in [1.165, 1.54) is 6.26 Å². The highest BCUT2D eigenvalue weighted by molar-refractivity contribution is 6.02. The van der Waals surface area contributed by atoms with Gasteiger partial charge in [-0.15, -0.1) is 0 Å². The fourth-order valence-corrected chi connectivity index (χ4v) is 2.87. The van der Waals surface area contributed by atoms with Gasteiger partial charge in [-0.2, -0.15) is 0 Å². The first-order chi connectivity index (χ1) is 13.5. The molecule has 0 aliphatic rings. The average molecular weight is 377 g/mol. The lowest BCUT2D eigenvalue weighted by atomic mass is 10.1. The first-order valence-corrected chi connectivity index (χ1v) is 8.99. The molecule has 0 spiro atoms. The van der Waals surface area contributed by atoms with Crippen molar-refractivity contribution < 1.29 is 14.0 Å². The molecule has 0 aliphatic heterocycles. The number of rotatable bonds is 7. The Morgan fingerprint density at radius 3 is 2.25 bits per heavy atom. The van der Waals surface area contributed by atoms with Gasteiger partial charge in [-0.3, -0.25) is 9.59 Å². The minimum atomic E-state index is -0.334. The molecular weight excluding hydrogens is 354 g/mol. The van der Waals surface area contributed by atoms with Crippen LogP contribution in [0.4, 0.5) is 5.69 Å². The van der Waals surface area contributed by atoms with Gasteiger partial charge in [0, 0.05) is 17.8 Å². The minimum Gasteiger partial charge on any atom is -0.459 e. The molecule has 3 aromatic rings. The average Bonchev–Trinajstić information content (AvgIpc) is 3.24. The van der Waals surface area contributed by atoms with E-state index in [1.54, 1.807) is 36.4 Å². The summed E-state index contributed by atoms with van der Waals surface area (Å²) in [6, 6.07) is 20.1. The van der Waals surface area contributed by atoms with Crippen molar-refractivity contribution in [3.8, 4) is 0 Å². The Balaban J connectivity index is 1.59. The highest BCUT2D eigenvalue weighted by Gasteiger charge is 2.16. The quantitative estimate of drug-likeness (QED) is 0.660. The van der Waals surface area contributed by atoms with Gasteiger partial charge >= 0.3 is 0 Å². The summed E-state index contributed by atoms with van der Waals surface area (Å²) in [5.41, 5.74) is 2.26. The van der Waals surface area contributed by atoms with E-state index in [0.717, 1.165) is 5.56 Å². The summed E-state index contributed by atoms with van der Waals surface area (Å²) in [5, 5.41) is 5.70. The first-order valence-electron chi connectivity index (χ1n) is 8.99. The maximum atomic E-state index is 12.5. The molecule has 3 rings (SSSR count). The Morgan fingerprint density at radius 2 is 1.64 bits per heavy atom. The van der Waals surface area contributed by atoms with E-state index in [0.29, 0.717) is 17.8 Å². The summed E-state index contributed by atoms with van der Waals surface area (Å²) >= 11 is 0. The van der Waals surface area contributed by atoms with Crippen molar-refractivity contribution in [2.45, 2.75) is 6.04 Å². The Bertz CT molecular complexity index is 904. The lowest BCUT2D eigenvalue weighted by Crippen LogP contribution is -2.34. The van der Waals surface area contributed by atoms with Crippen molar-refractivity contribution in [3.63, 3.8) is 0 Å². The summed E-state index contributed by atoms with van der Waals surface area (Å²) in [6.45, 7) is 0.493. The number of carbonyl (C=O) groups is 2. The van der Waals surface area contributed by atoms with Crippen LogP contribution in [0, 0.1) is 0 Å². The Kier molecular flexibility index (Phi) is 6.24. The number of nitrogens with one attached hydrogen (secondary N) is 2. The molecule has 1 unspecified atom stereocenters. The molecule has 0 saturated heterocycles. The molecule has 2 amide bonds. The molecule has 2 aromatic carbocycles. The van der Waals surface area contributed by atoms with Gasteiger partial charge in [0.25, 0.3) is 11.8 Å². The number of likely N-dealkylation sites (N-methyl/N-ethyl adjacent to an activating group) is 1. The number of nitrogens with zero attached hydrogens (tertiary/aromatic N) is 1. The van der Waals surface area contributed by atoms with E-state index in [9.17, 15) is 9.59 Å². The molecular formula is C22H23N3O3. The molecule has 1 heterocycles. The highest BCUT2D eigenvalue weighted by Crippen LogP contribution is 2.17. The predicted molar refractivity (Wildman–Crippen MR) is 108 cm³/mol. The summed E-state index contributed by atoms with van der Waals surface area (Å²) in [5.74, 6) is -0.261. The van der Waals surface area contributed by atoms with Crippen LogP contribution in [-0.2, 0) is 0 Å². The Labute approximate surface area is 164 Å². The molecule has 6 nitrogen and oxygen atoms in total. The molecule has 28 heavy (non-hydrogen) atoms. The SMILES string of the molecule is CN(C)C(CNC(=O)c1ccc(NC(=O)c2ccco2)cc1)c1ccccc1. The molecule has 2 N–H and O–H groups in total. The smallest absolute Gasteiger partial charge is 0.291 e. The van der Waals surface area contributed by atoms with Crippen LogP contribution in [0.1, 0.15) is 32.5 Å². The van der Waals surface area contributed by atoms with E-state index < -0.39 is 0 Å². The number of hydrogen-bond acceptors (Lipinski definition) is 4. The fraction of sp³-hybridized carbons (Fsp3) is 0.182. The van der Waals surface area contributed by atoms with Crippen LogP contribution in [0.25, 0.3) is 0 Å². The predicted octanol–water partition coefficient (Wildman–Crippen LogP) is 3.56. The Morgan fingerprint density at radius 1 is 0.929 bits per heavy atom. The monoisotopic (exact) mass is 377 g/mol. The van der Waals surface area contributed by atoms with Crippen molar-refractivity contribution in [3.05, 3.63) is 89.9 Å². The molecule has 1 aromatic heterocycles. The highest BCUT2D eigenvalue weighted by atomic mass is 16.3. The third-order valence-corrected chi connectivity index (χ3v) is 4.41. The molecule has 144 valence electrons. The number of benzene rings is 2. The van der Waals surface area contributed by atoms with Crippen LogP contribution < -0.4 is 10.6 Å². The molecule has 0 saturated carbocycles. The number of carbonyl (C=O) groups excluding carboxylic acids is 2. The maximum Gasteiger partial charge on any atom is 0.291 e. The minimum absolute atomic E-state index is 0.0806. The van der Waals surface area contributed by atoms with Crippen molar-refractivity contribution in [1.29, 1.82) is 0 Å². The second kappa shape index (κ2) is 9.01. The zero-order chi connectivity index (χ0) is 19.9.